The molecule has 1 aromatic rings. The minimum atomic E-state index is -0.419. The summed E-state index contributed by atoms with van der Waals surface area (Å²) in [5.41, 5.74) is 0.532. The van der Waals surface area contributed by atoms with Gasteiger partial charge in [0.05, 0.1) is 11.8 Å². The van der Waals surface area contributed by atoms with Crippen LogP contribution in [0.5, 0.6) is 0 Å². The van der Waals surface area contributed by atoms with Crippen molar-refractivity contribution in [2.45, 2.75) is 51.3 Å². The molecule has 1 unspecified atom stereocenters. The van der Waals surface area contributed by atoms with E-state index < -0.39 is 5.54 Å². The van der Waals surface area contributed by atoms with Crippen molar-refractivity contribution in [3.05, 3.63) is 11.5 Å². The summed E-state index contributed by atoms with van der Waals surface area (Å²) < 4.78 is 5.49. The second kappa shape index (κ2) is 6.81. The molecule has 0 aliphatic heterocycles. The molecule has 0 aromatic carbocycles. The second-order valence-electron chi connectivity index (χ2n) is 4.55. The number of nitriles is 1. The van der Waals surface area contributed by atoms with E-state index in [1.165, 1.54) is 0 Å². The molecule has 1 N–H and O–H groups in total. The van der Waals surface area contributed by atoms with Crippen LogP contribution in [0.3, 0.4) is 0 Å². The summed E-state index contributed by atoms with van der Waals surface area (Å²) in [6.45, 7) is 8.64. The monoisotopic (exact) mass is 267 g/mol. The van der Waals surface area contributed by atoms with Crippen LogP contribution in [0, 0.1) is 25.2 Å². The Labute approximate surface area is 113 Å². The van der Waals surface area contributed by atoms with Crippen molar-refractivity contribution >= 4 is 11.8 Å². The van der Waals surface area contributed by atoms with Gasteiger partial charge in [0.2, 0.25) is 0 Å². The lowest BCUT2D eigenvalue weighted by Crippen LogP contribution is -2.40. The van der Waals surface area contributed by atoms with E-state index in [-0.39, 0.29) is 0 Å². The first-order valence-electron chi connectivity index (χ1n) is 6.24. The molecule has 1 rings (SSSR count). The lowest BCUT2D eigenvalue weighted by molar-refractivity contribution is 0.422. The molecule has 0 spiro atoms. The van der Waals surface area contributed by atoms with Crippen LogP contribution in [0.25, 0.3) is 0 Å². The maximum atomic E-state index is 9.12. The van der Waals surface area contributed by atoms with Crippen LogP contribution < -0.4 is 5.32 Å². The summed E-state index contributed by atoms with van der Waals surface area (Å²) in [4.78, 5) is 4.32. The Kier molecular flexibility index (Phi) is 5.70. The highest BCUT2D eigenvalue weighted by molar-refractivity contribution is 7.99. The summed E-state index contributed by atoms with van der Waals surface area (Å²) >= 11 is 1.61. The maximum Gasteiger partial charge on any atom is 0.256 e. The highest BCUT2D eigenvalue weighted by atomic mass is 32.2. The van der Waals surface area contributed by atoms with Crippen molar-refractivity contribution in [3.63, 3.8) is 0 Å². The first-order valence-corrected chi connectivity index (χ1v) is 7.22. The summed E-state index contributed by atoms with van der Waals surface area (Å²) in [6, 6.07) is 2.33. The summed E-state index contributed by atoms with van der Waals surface area (Å²) in [5.74, 6) is 1.80. The number of oxazole rings is 1. The molecule has 1 atom stereocenters. The predicted octanol–water partition coefficient (Wildman–Crippen LogP) is 3.06. The minimum Gasteiger partial charge on any atom is -0.437 e. The van der Waals surface area contributed by atoms with Gasteiger partial charge in [-0.1, -0.05) is 18.7 Å². The molecular formula is C13H21N3OS. The van der Waals surface area contributed by atoms with Gasteiger partial charge in [0.25, 0.3) is 5.22 Å². The zero-order valence-corrected chi connectivity index (χ0v) is 12.4. The highest BCUT2D eigenvalue weighted by Crippen LogP contribution is 2.22. The number of rotatable bonds is 7. The van der Waals surface area contributed by atoms with Crippen LogP contribution in [0.2, 0.25) is 0 Å². The molecule has 18 heavy (non-hydrogen) atoms. The van der Waals surface area contributed by atoms with Gasteiger partial charge in [0.1, 0.15) is 11.3 Å². The third-order valence-corrected chi connectivity index (χ3v) is 3.78. The van der Waals surface area contributed by atoms with E-state index in [0.29, 0.717) is 0 Å². The second-order valence-corrected chi connectivity index (χ2v) is 5.59. The van der Waals surface area contributed by atoms with E-state index in [2.05, 4.69) is 16.4 Å². The van der Waals surface area contributed by atoms with Crippen molar-refractivity contribution in [2.24, 2.45) is 0 Å². The van der Waals surface area contributed by atoms with Crippen LogP contribution in [-0.2, 0) is 0 Å². The molecular weight excluding hydrogens is 246 g/mol. The summed E-state index contributed by atoms with van der Waals surface area (Å²) in [6.07, 6.45) is 1.80. The summed E-state index contributed by atoms with van der Waals surface area (Å²) in [5, 5.41) is 13.1. The SMILES string of the molecule is CCNC(C)(C#N)CCCSc1nc(C)c(C)o1. The first-order chi connectivity index (χ1) is 8.50. The Morgan fingerprint density at radius 3 is 2.72 bits per heavy atom. The Morgan fingerprint density at radius 2 is 2.22 bits per heavy atom. The van der Waals surface area contributed by atoms with Crippen molar-refractivity contribution < 1.29 is 4.42 Å². The molecule has 0 aliphatic rings. The van der Waals surface area contributed by atoms with Crippen LogP contribution in [0.15, 0.2) is 9.64 Å². The molecule has 4 nitrogen and oxygen atoms in total. The Morgan fingerprint density at radius 1 is 1.50 bits per heavy atom. The van der Waals surface area contributed by atoms with Gasteiger partial charge in [-0.2, -0.15) is 5.26 Å². The molecule has 100 valence electrons. The number of nitrogens with one attached hydrogen (secondary N) is 1. The molecule has 0 amide bonds. The van der Waals surface area contributed by atoms with Crippen molar-refractivity contribution in [3.8, 4) is 6.07 Å². The van der Waals surface area contributed by atoms with Crippen LogP contribution >= 0.6 is 11.8 Å². The number of nitrogens with zero attached hydrogens (tertiary/aromatic N) is 2. The van der Waals surface area contributed by atoms with Gasteiger partial charge in [-0.25, -0.2) is 4.98 Å². The van der Waals surface area contributed by atoms with Crippen molar-refractivity contribution in [1.29, 1.82) is 5.26 Å². The van der Waals surface area contributed by atoms with E-state index >= 15 is 0 Å². The predicted molar refractivity (Wildman–Crippen MR) is 73.6 cm³/mol. The standard InChI is InChI=1S/C13H21N3OS/c1-5-15-13(4,9-14)7-6-8-18-12-16-10(2)11(3)17-12/h15H,5-8H2,1-4H3. The normalized spacial score (nSPS) is 14.2. The average molecular weight is 267 g/mol. The average Bonchev–Trinajstić information content (AvgIpc) is 2.65. The fourth-order valence-corrected chi connectivity index (χ4v) is 2.51. The van der Waals surface area contributed by atoms with Crippen molar-refractivity contribution in [1.82, 2.24) is 10.3 Å². The van der Waals surface area contributed by atoms with E-state index in [4.69, 9.17) is 9.68 Å². The fraction of sp³-hybridized carbons (Fsp3) is 0.692. The number of thioether (sulfide) groups is 1. The quantitative estimate of drug-likeness (QED) is 0.607. The number of aryl methyl sites for hydroxylation is 2. The zero-order valence-electron chi connectivity index (χ0n) is 11.5. The lowest BCUT2D eigenvalue weighted by Gasteiger charge is -2.21. The lowest BCUT2D eigenvalue weighted by atomic mass is 9.98. The molecule has 0 radical (unpaired) electrons. The van der Waals surface area contributed by atoms with Gasteiger partial charge in [0.15, 0.2) is 0 Å². The minimum absolute atomic E-state index is 0.419. The van der Waals surface area contributed by atoms with Gasteiger partial charge >= 0.3 is 0 Å². The fourth-order valence-electron chi connectivity index (χ4n) is 1.66. The largest absolute Gasteiger partial charge is 0.437 e. The third-order valence-electron chi connectivity index (χ3n) is 2.87. The van der Waals surface area contributed by atoms with E-state index in [1.807, 2.05) is 27.7 Å². The molecule has 0 aliphatic carbocycles. The third kappa shape index (κ3) is 4.35. The van der Waals surface area contributed by atoms with Gasteiger partial charge in [-0.05, 0) is 40.2 Å². The van der Waals surface area contributed by atoms with Crippen LogP contribution in [0.4, 0.5) is 0 Å². The van der Waals surface area contributed by atoms with E-state index in [1.54, 1.807) is 11.8 Å². The smallest absolute Gasteiger partial charge is 0.256 e. The molecule has 5 heteroatoms. The maximum absolute atomic E-state index is 9.12. The van der Waals surface area contributed by atoms with Gasteiger partial charge in [-0.3, -0.25) is 5.32 Å². The molecule has 1 aromatic heterocycles. The molecule has 1 heterocycles. The van der Waals surface area contributed by atoms with Crippen LogP contribution in [0.1, 0.15) is 38.1 Å². The topological polar surface area (TPSA) is 61.9 Å². The molecule has 0 bridgehead atoms. The number of hydrogen-bond acceptors (Lipinski definition) is 5. The molecule has 0 saturated heterocycles. The molecule has 0 saturated carbocycles. The van der Waals surface area contributed by atoms with Crippen molar-refractivity contribution in [2.75, 3.05) is 12.3 Å². The van der Waals surface area contributed by atoms with Crippen LogP contribution in [-0.4, -0.2) is 22.8 Å². The van der Waals surface area contributed by atoms with E-state index in [0.717, 1.165) is 41.8 Å². The zero-order chi connectivity index (χ0) is 13.6. The van der Waals surface area contributed by atoms with Gasteiger partial charge < -0.3 is 4.42 Å². The highest BCUT2D eigenvalue weighted by Gasteiger charge is 2.21. The Bertz CT molecular complexity index is 405. The Balaban J connectivity index is 2.32. The Hall–Kier alpha value is -0.990. The number of aromatic nitrogens is 1. The number of hydrogen-bond donors (Lipinski definition) is 1. The van der Waals surface area contributed by atoms with E-state index in [9.17, 15) is 0 Å². The first kappa shape index (κ1) is 15.1. The molecule has 0 fully saturated rings. The van der Waals surface area contributed by atoms with Gasteiger partial charge in [0, 0.05) is 5.75 Å². The van der Waals surface area contributed by atoms with Gasteiger partial charge in [-0.15, -0.1) is 0 Å². The summed E-state index contributed by atoms with van der Waals surface area (Å²) in [7, 11) is 0.